The predicted octanol–water partition coefficient (Wildman–Crippen LogP) is 5.62. The van der Waals surface area contributed by atoms with E-state index in [1.807, 2.05) is 68.4 Å². The summed E-state index contributed by atoms with van der Waals surface area (Å²) in [6, 6.07) is 30.6. The van der Waals surface area contributed by atoms with Crippen LogP contribution in [0.25, 0.3) is 0 Å². The van der Waals surface area contributed by atoms with Crippen LogP contribution < -0.4 is 9.62 Å². The number of amides is 2. The average molecular weight is 604 g/mol. The average Bonchev–Trinajstić information content (AvgIpc) is 2.99. The van der Waals surface area contributed by atoms with Crippen LogP contribution in [0.2, 0.25) is 5.02 Å². The summed E-state index contributed by atoms with van der Waals surface area (Å²) in [6.45, 7) is 3.79. The predicted molar refractivity (Wildman–Crippen MR) is 167 cm³/mol. The van der Waals surface area contributed by atoms with E-state index in [1.54, 1.807) is 30.3 Å². The number of carbonyl (C=O) groups is 2. The monoisotopic (exact) mass is 603 g/mol. The fourth-order valence-corrected chi connectivity index (χ4v) is 6.13. The summed E-state index contributed by atoms with van der Waals surface area (Å²) in [5.41, 5.74) is 3.09. The second-order valence-corrected chi connectivity index (χ2v) is 12.2. The van der Waals surface area contributed by atoms with E-state index in [-0.39, 0.29) is 23.8 Å². The Hall–Kier alpha value is -4.14. The zero-order valence-electron chi connectivity index (χ0n) is 23.6. The number of hydrogen-bond donors (Lipinski definition) is 1. The summed E-state index contributed by atoms with van der Waals surface area (Å²) in [4.78, 5) is 29.3. The molecule has 4 rings (SSSR count). The first kappa shape index (κ1) is 30.8. The number of likely N-dealkylation sites (N-methyl/N-ethyl adjacent to an activating group) is 1. The van der Waals surface area contributed by atoms with Gasteiger partial charge in [0, 0.05) is 24.5 Å². The zero-order valence-corrected chi connectivity index (χ0v) is 25.2. The molecular weight excluding hydrogens is 570 g/mol. The largest absolute Gasteiger partial charge is 0.355 e. The van der Waals surface area contributed by atoms with Crippen LogP contribution in [0.5, 0.6) is 0 Å². The van der Waals surface area contributed by atoms with Gasteiger partial charge in [-0.25, -0.2) is 8.42 Å². The number of halogens is 1. The number of nitrogens with one attached hydrogen (secondary N) is 1. The summed E-state index contributed by atoms with van der Waals surface area (Å²) in [5.74, 6) is -0.821. The maximum atomic E-state index is 14.3. The molecule has 0 aliphatic carbocycles. The number of aryl methyl sites for hydroxylation is 1. The highest BCUT2D eigenvalue weighted by Gasteiger charge is 2.34. The number of sulfonamides is 1. The highest BCUT2D eigenvalue weighted by Crippen LogP contribution is 2.26. The molecule has 0 heterocycles. The summed E-state index contributed by atoms with van der Waals surface area (Å²) in [6.07, 6.45) is 0.263. The molecule has 1 atom stereocenters. The number of benzene rings is 4. The van der Waals surface area contributed by atoms with E-state index in [0.717, 1.165) is 21.0 Å². The molecule has 0 saturated heterocycles. The van der Waals surface area contributed by atoms with Crippen LogP contribution in [0.4, 0.5) is 5.69 Å². The van der Waals surface area contributed by atoms with Crippen molar-refractivity contribution in [2.24, 2.45) is 0 Å². The molecule has 0 aromatic heterocycles. The first-order valence-electron chi connectivity index (χ1n) is 13.7. The van der Waals surface area contributed by atoms with Crippen LogP contribution in [-0.2, 0) is 32.6 Å². The van der Waals surface area contributed by atoms with Gasteiger partial charge in [-0.15, -0.1) is 0 Å². The Morgan fingerprint density at radius 1 is 0.810 bits per heavy atom. The van der Waals surface area contributed by atoms with Crippen molar-refractivity contribution in [1.29, 1.82) is 0 Å². The lowest BCUT2D eigenvalue weighted by molar-refractivity contribution is -0.140. The maximum Gasteiger partial charge on any atom is 0.264 e. The molecule has 0 bridgehead atoms. The molecular formula is C33H34ClN3O4S. The first-order chi connectivity index (χ1) is 20.2. The fourth-order valence-electron chi connectivity index (χ4n) is 4.59. The molecule has 0 spiro atoms. The maximum absolute atomic E-state index is 14.3. The molecule has 42 heavy (non-hydrogen) atoms. The van der Waals surface area contributed by atoms with Crippen LogP contribution in [0, 0.1) is 6.92 Å². The Balaban J connectivity index is 1.77. The Labute approximate surface area is 252 Å². The highest BCUT2D eigenvalue weighted by atomic mass is 35.5. The fraction of sp³-hybridized carbons (Fsp3) is 0.212. The second-order valence-electron chi connectivity index (χ2n) is 9.91. The standard InChI is InChI=1S/C33H34ClN3O4S/c1-3-35-33(39)31(22-26-10-6-4-7-11-26)36(23-27-16-14-25(2)15-17-27)32(38)24-37(29-12-8-5-9-13-29)42(40,41)30-20-18-28(34)19-21-30/h4-21,31H,3,22-24H2,1-2H3,(H,35,39). The molecule has 0 aliphatic heterocycles. The van der Waals surface area contributed by atoms with Crippen molar-refractivity contribution in [2.45, 2.75) is 37.8 Å². The molecule has 0 aliphatic rings. The number of carbonyl (C=O) groups excluding carboxylic acids is 2. The number of nitrogens with zero attached hydrogens (tertiary/aromatic N) is 2. The van der Waals surface area contributed by atoms with Gasteiger partial charge >= 0.3 is 0 Å². The summed E-state index contributed by atoms with van der Waals surface area (Å²) < 4.78 is 28.9. The second kappa shape index (κ2) is 14.2. The molecule has 218 valence electrons. The van der Waals surface area contributed by atoms with E-state index in [9.17, 15) is 18.0 Å². The number of para-hydroxylation sites is 1. The van der Waals surface area contributed by atoms with Gasteiger partial charge in [0.25, 0.3) is 10.0 Å². The molecule has 2 amide bonds. The molecule has 1 unspecified atom stereocenters. The normalized spacial score (nSPS) is 11.9. The summed E-state index contributed by atoms with van der Waals surface area (Å²) in [5, 5.41) is 3.26. The van der Waals surface area contributed by atoms with Crippen LogP contribution in [0.1, 0.15) is 23.6 Å². The zero-order chi connectivity index (χ0) is 30.1. The van der Waals surface area contributed by atoms with Crippen molar-refractivity contribution in [2.75, 3.05) is 17.4 Å². The van der Waals surface area contributed by atoms with E-state index >= 15 is 0 Å². The van der Waals surface area contributed by atoms with Gasteiger partial charge < -0.3 is 10.2 Å². The van der Waals surface area contributed by atoms with Crippen LogP contribution in [-0.4, -0.2) is 44.3 Å². The van der Waals surface area contributed by atoms with Gasteiger partial charge in [0.2, 0.25) is 11.8 Å². The third-order valence-electron chi connectivity index (χ3n) is 6.82. The first-order valence-corrected chi connectivity index (χ1v) is 15.5. The van der Waals surface area contributed by atoms with Gasteiger partial charge in [0.1, 0.15) is 12.6 Å². The molecule has 9 heteroatoms. The number of hydrogen-bond acceptors (Lipinski definition) is 4. The molecule has 7 nitrogen and oxygen atoms in total. The van der Waals surface area contributed by atoms with Crippen LogP contribution in [0.15, 0.2) is 114 Å². The highest BCUT2D eigenvalue weighted by molar-refractivity contribution is 7.92. The minimum absolute atomic E-state index is 0.00167. The van der Waals surface area contributed by atoms with Gasteiger partial charge in [0.15, 0.2) is 0 Å². The third kappa shape index (κ3) is 7.78. The Morgan fingerprint density at radius 2 is 1.40 bits per heavy atom. The summed E-state index contributed by atoms with van der Waals surface area (Å²) >= 11 is 6.02. The number of anilines is 1. The third-order valence-corrected chi connectivity index (χ3v) is 8.86. The van der Waals surface area contributed by atoms with Crippen molar-refractivity contribution in [3.05, 3.63) is 131 Å². The van der Waals surface area contributed by atoms with E-state index in [1.165, 1.54) is 29.2 Å². The molecule has 4 aromatic rings. The minimum atomic E-state index is -4.17. The van der Waals surface area contributed by atoms with E-state index in [4.69, 9.17) is 11.6 Å². The van der Waals surface area contributed by atoms with Crippen molar-refractivity contribution in [1.82, 2.24) is 10.2 Å². The van der Waals surface area contributed by atoms with Gasteiger partial charge in [-0.3, -0.25) is 13.9 Å². The smallest absolute Gasteiger partial charge is 0.264 e. The van der Waals surface area contributed by atoms with Crippen molar-refractivity contribution < 1.29 is 18.0 Å². The Morgan fingerprint density at radius 3 is 2.00 bits per heavy atom. The van der Waals surface area contributed by atoms with Gasteiger partial charge in [-0.1, -0.05) is 90.0 Å². The van der Waals surface area contributed by atoms with Gasteiger partial charge in [-0.2, -0.15) is 0 Å². The summed E-state index contributed by atoms with van der Waals surface area (Å²) in [7, 11) is -4.17. The van der Waals surface area contributed by atoms with Crippen LogP contribution >= 0.6 is 11.6 Å². The van der Waals surface area contributed by atoms with E-state index in [0.29, 0.717) is 17.3 Å². The molecule has 0 fully saturated rings. The van der Waals surface area contributed by atoms with Crippen molar-refractivity contribution in [3.8, 4) is 0 Å². The quantitative estimate of drug-likeness (QED) is 0.228. The van der Waals surface area contributed by atoms with Crippen molar-refractivity contribution >= 4 is 39.1 Å². The molecule has 0 radical (unpaired) electrons. The topological polar surface area (TPSA) is 86.8 Å². The lowest BCUT2D eigenvalue weighted by Crippen LogP contribution is -2.53. The lowest BCUT2D eigenvalue weighted by atomic mass is 10.0. The van der Waals surface area contributed by atoms with Gasteiger partial charge in [0.05, 0.1) is 10.6 Å². The Kier molecular flexibility index (Phi) is 10.4. The van der Waals surface area contributed by atoms with E-state index < -0.39 is 28.5 Å². The van der Waals surface area contributed by atoms with Crippen LogP contribution in [0.3, 0.4) is 0 Å². The Bertz CT molecular complexity index is 1580. The SMILES string of the molecule is CCNC(=O)C(Cc1ccccc1)N(Cc1ccc(C)cc1)C(=O)CN(c1ccccc1)S(=O)(=O)c1ccc(Cl)cc1. The molecule has 4 aromatic carbocycles. The molecule has 1 N–H and O–H groups in total. The number of rotatable bonds is 12. The van der Waals surface area contributed by atoms with Gasteiger partial charge in [-0.05, 0) is 61.4 Å². The molecule has 0 saturated carbocycles. The lowest BCUT2D eigenvalue weighted by Gasteiger charge is -2.33. The van der Waals surface area contributed by atoms with E-state index in [2.05, 4.69) is 5.32 Å². The van der Waals surface area contributed by atoms with Crippen molar-refractivity contribution in [3.63, 3.8) is 0 Å². The minimum Gasteiger partial charge on any atom is -0.355 e.